The average Bonchev–Trinajstić information content (AvgIpc) is 1.99. The fourth-order valence-corrected chi connectivity index (χ4v) is 1.16. The Balaban J connectivity index is 0.000000354. The van der Waals surface area contributed by atoms with Crippen LogP contribution in [0.3, 0.4) is 0 Å². The summed E-state index contributed by atoms with van der Waals surface area (Å²) in [6, 6.07) is 5.60. The molecule has 0 bridgehead atoms. The highest BCUT2D eigenvalue weighted by atomic mass is 79.9. The second kappa shape index (κ2) is 6.46. The SMILES string of the molecule is CCO.Nc1ccc(Br)c(Br)c1. The molecule has 0 aliphatic rings. The van der Waals surface area contributed by atoms with Gasteiger partial charge in [-0.15, -0.1) is 0 Å². The molecule has 0 unspecified atom stereocenters. The van der Waals surface area contributed by atoms with Gasteiger partial charge in [0.25, 0.3) is 0 Å². The molecule has 12 heavy (non-hydrogen) atoms. The van der Waals surface area contributed by atoms with E-state index in [-0.39, 0.29) is 6.61 Å². The highest BCUT2D eigenvalue weighted by molar-refractivity contribution is 9.13. The van der Waals surface area contributed by atoms with Crippen LogP contribution in [-0.2, 0) is 0 Å². The predicted molar refractivity (Wildman–Crippen MR) is 59.0 cm³/mol. The quantitative estimate of drug-likeness (QED) is 0.723. The van der Waals surface area contributed by atoms with Gasteiger partial charge in [-0.2, -0.15) is 0 Å². The van der Waals surface area contributed by atoms with Crippen molar-refractivity contribution < 1.29 is 5.11 Å². The van der Waals surface area contributed by atoms with Crippen LogP contribution in [0, 0.1) is 0 Å². The second-order valence-electron chi connectivity index (χ2n) is 1.99. The van der Waals surface area contributed by atoms with E-state index in [1.54, 1.807) is 6.92 Å². The van der Waals surface area contributed by atoms with E-state index < -0.39 is 0 Å². The number of nitrogens with two attached hydrogens (primary N) is 1. The Morgan fingerprint density at radius 2 is 1.83 bits per heavy atom. The number of anilines is 1. The first-order chi connectivity index (χ1) is 5.61. The minimum absolute atomic E-state index is 0.250. The lowest BCUT2D eigenvalue weighted by Gasteiger charge is -1.95. The number of aliphatic hydroxyl groups excluding tert-OH is 1. The third-order valence-electron chi connectivity index (χ3n) is 0.944. The lowest BCUT2D eigenvalue weighted by atomic mass is 10.3. The first-order valence-electron chi connectivity index (χ1n) is 3.43. The van der Waals surface area contributed by atoms with Gasteiger partial charge < -0.3 is 10.8 Å². The van der Waals surface area contributed by atoms with Gasteiger partial charge in [-0.1, -0.05) is 0 Å². The molecule has 1 aromatic rings. The maximum Gasteiger partial charge on any atom is 0.0402 e. The van der Waals surface area contributed by atoms with E-state index in [0.717, 1.165) is 14.6 Å². The average molecular weight is 297 g/mol. The molecular weight excluding hydrogens is 286 g/mol. The Labute approximate surface area is 89.0 Å². The minimum atomic E-state index is 0.250. The molecule has 0 radical (unpaired) electrons. The van der Waals surface area contributed by atoms with Gasteiger partial charge in [0.05, 0.1) is 0 Å². The van der Waals surface area contributed by atoms with Crippen LogP contribution in [0.5, 0.6) is 0 Å². The van der Waals surface area contributed by atoms with Crippen molar-refractivity contribution in [2.24, 2.45) is 0 Å². The van der Waals surface area contributed by atoms with Crippen molar-refractivity contribution in [3.8, 4) is 0 Å². The van der Waals surface area contributed by atoms with Gasteiger partial charge in [-0.25, -0.2) is 0 Å². The zero-order valence-corrected chi connectivity index (χ0v) is 9.89. The van der Waals surface area contributed by atoms with Crippen LogP contribution < -0.4 is 5.73 Å². The Kier molecular flexibility index (Phi) is 6.42. The molecular formula is C8H11Br2NO. The summed E-state index contributed by atoms with van der Waals surface area (Å²) >= 11 is 6.65. The molecule has 0 fully saturated rings. The van der Waals surface area contributed by atoms with Crippen LogP contribution in [0.2, 0.25) is 0 Å². The molecule has 0 saturated heterocycles. The number of hydrogen-bond donors (Lipinski definition) is 2. The van der Waals surface area contributed by atoms with Gasteiger partial charge in [0.2, 0.25) is 0 Å². The standard InChI is InChI=1S/C6H5Br2N.C2H6O/c7-5-2-1-4(9)3-6(5)8;1-2-3/h1-3H,9H2;3H,2H2,1H3. The van der Waals surface area contributed by atoms with Crippen LogP contribution in [-0.4, -0.2) is 11.7 Å². The van der Waals surface area contributed by atoms with Gasteiger partial charge in [0.1, 0.15) is 0 Å². The summed E-state index contributed by atoms with van der Waals surface area (Å²) in [5, 5.41) is 7.57. The van der Waals surface area contributed by atoms with Gasteiger partial charge >= 0.3 is 0 Å². The molecule has 3 N–H and O–H groups in total. The Hall–Kier alpha value is -0.0600. The third-order valence-corrected chi connectivity index (χ3v) is 2.82. The zero-order valence-electron chi connectivity index (χ0n) is 6.72. The number of aliphatic hydroxyl groups is 1. The first-order valence-corrected chi connectivity index (χ1v) is 5.01. The lowest BCUT2D eigenvalue weighted by Crippen LogP contribution is -1.82. The Morgan fingerprint density at radius 1 is 1.33 bits per heavy atom. The number of nitrogen functional groups attached to an aromatic ring is 1. The number of rotatable bonds is 0. The van der Waals surface area contributed by atoms with Crippen molar-refractivity contribution in [3.63, 3.8) is 0 Å². The molecule has 0 saturated carbocycles. The topological polar surface area (TPSA) is 46.2 Å². The van der Waals surface area contributed by atoms with Gasteiger partial charge in [0, 0.05) is 21.2 Å². The Bertz CT molecular complexity index is 240. The van der Waals surface area contributed by atoms with Crippen LogP contribution in [0.25, 0.3) is 0 Å². The molecule has 0 heterocycles. The molecule has 4 heteroatoms. The van der Waals surface area contributed by atoms with E-state index in [1.165, 1.54) is 0 Å². The van der Waals surface area contributed by atoms with Crippen LogP contribution in [0.15, 0.2) is 27.1 Å². The summed E-state index contributed by atoms with van der Waals surface area (Å²) in [7, 11) is 0. The number of benzene rings is 1. The maximum atomic E-state index is 7.57. The summed E-state index contributed by atoms with van der Waals surface area (Å²) in [5.74, 6) is 0. The van der Waals surface area contributed by atoms with Crippen molar-refractivity contribution in [1.29, 1.82) is 0 Å². The smallest absolute Gasteiger partial charge is 0.0402 e. The Morgan fingerprint density at radius 3 is 2.17 bits per heavy atom. The van der Waals surface area contributed by atoms with Crippen molar-refractivity contribution >= 4 is 37.5 Å². The fourth-order valence-electron chi connectivity index (χ4n) is 0.512. The van der Waals surface area contributed by atoms with E-state index in [4.69, 9.17) is 10.8 Å². The van der Waals surface area contributed by atoms with Crippen molar-refractivity contribution in [1.82, 2.24) is 0 Å². The van der Waals surface area contributed by atoms with Gasteiger partial charge in [0.15, 0.2) is 0 Å². The van der Waals surface area contributed by atoms with Crippen molar-refractivity contribution in [2.75, 3.05) is 12.3 Å². The van der Waals surface area contributed by atoms with E-state index in [2.05, 4.69) is 31.9 Å². The van der Waals surface area contributed by atoms with Crippen LogP contribution in [0.4, 0.5) is 5.69 Å². The summed E-state index contributed by atoms with van der Waals surface area (Å²) in [5.41, 5.74) is 6.25. The lowest BCUT2D eigenvalue weighted by molar-refractivity contribution is 0.318. The predicted octanol–water partition coefficient (Wildman–Crippen LogP) is 2.79. The molecule has 0 aliphatic heterocycles. The first kappa shape index (κ1) is 11.9. The zero-order chi connectivity index (χ0) is 9.56. The summed E-state index contributed by atoms with van der Waals surface area (Å²) in [4.78, 5) is 0. The molecule has 2 nitrogen and oxygen atoms in total. The molecule has 0 aromatic heterocycles. The normalized spacial score (nSPS) is 8.67. The highest BCUT2D eigenvalue weighted by Crippen LogP contribution is 2.24. The van der Waals surface area contributed by atoms with Crippen LogP contribution in [0.1, 0.15) is 6.92 Å². The monoisotopic (exact) mass is 295 g/mol. The molecule has 0 amide bonds. The number of hydrogen-bond acceptors (Lipinski definition) is 2. The maximum absolute atomic E-state index is 7.57. The highest BCUT2D eigenvalue weighted by Gasteiger charge is 1.93. The summed E-state index contributed by atoms with van der Waals surface area (Å²) in [6.07, 6.45) is 0. The second-order valence-corrected chi connectivity index (χ2v) is 3.70. The van der Waals surface area contributed by atoms with Crippen molar-refractivity contribution in [3.05, 3.63) is 27.1 Å². The van der Waals surface area contributed by atoms with E-state index >= 15 is 0 Å². The van der Waals surface area contributed by atoms with Gasteiger partial charge in [-0.3, -0.25) is 0 Å². The van der Waals surface area contributed by atoms with Crippen LogP contribution >= 0.6 is 31.9 Å². The molecule has 0 atom stereocenters. The largest absolute Gasteiger partial charge is 0.399 e. The van der Waals surface area contributed by atoms with E-state index in [0.29, 0.717) is 0 Å². The molecule has 0 spiro atoms. The third kappa shape index (κ3) is 4.74. The molecule has 1 aromatic carbocycles. The summed E-state index contributed by atoms with van der Waals surface area (Å²) < 4.78 is 2.01. The minimum Gasteiger partial charge on any atom is -0.399 e. The molecule has 0 aliphatic carbocycles. The number of halogens is 2. The molecule has 1 rings (SSSR count). The molecule has 68 valence electrons. The van der Waals surface area contributed by atoms with E-state index in [1.807, 2.05) is 18.2 Å². The van der Waals surface area contributed by atoms with Gasteiger partial charge in [-0.05, 0) is 57.0 Å². The van der Waals surface area contributed by atoms with Crippen molar-refractivity contribution in [2.45, 2.75) is 6.92 Å². The fraction of sp³-hybridized carbons (Fsp3) is 0.250. The van der Waals surface area contributed by atoms with E-state index in [9.17, 15) is 0 Å². The summed E-state index contributed by atoms with van der Waals surface area (Å²) in [6.45, 7) is 1.93.